The van der Waals surface area contributed by atoms with Gasteiger partial charge in [0.2, 0.25) is 0 Å². The third-order valence-electron chi connectivity index (χ3n) is 6.10. The molecule has 5 heteroatoms. The lowest BCUT2D eigenvalue weighted by atomic mass is 9.99. The first-order chi connectivity index (χ1) is 14.5. The second-order valence-electron chi connectivity index (χ2n) is 8.09. The molecule has 0 bridgehead atoms. The molecule has 0 aliphatic carbocycles. The summed E-state index contributed by atoms with van der Waals surface area (Å²) >= 11 is 0. The highest BCUT2D eigenvalue weighted by Crippen LogP contribution is 2.33. The standard InChI is InChI=1S/C25H29N3O2/c1-4-12-28-24(29)22(20-11-10-18(2)19(3)17-20)23(25(28)30)27-15-13-26(14-16-27)21-8-6-5-7-9-21/h5-11,17H,4,12-16H2,1-3H3. The number of anilines is 1. The Bertz CT molecular complexity index is 989. The monoisotopic (exact) mass is 403 g/mol. The van der Waals surface area contributed by atoms with Crippen molar-refractivity contribution >= 4 is 23.1 Å². The summed E-state index contributed by atoms with van der Waals surface area (Å²) < 4.78 is 0. The zero-order chi connectivity index (χ0) is 21.3. The van der Waals surface area contributed by atoms with Crippen molar-refractivity contribution in [3.05, 3.63) is 70.9 Å². The lowest BCUT2D eigenvalue weighted by Crippen LogP contribution is -2.47. The molecule has 0 saturated carbocycles. The molecule has 0 unspecified atom stereocenters. The Hall–Kier alpha value is -3.08. The van der Waals surface area contributed by atoms with E-state index in [4.69, 9.17) is 0 Å². The van der Waals surface area contributed by atoms with Gasteiger partial charge in [-0.3, -0.25) is 14.5 Å². The van der Waals surface area contributed by atoms with E-state index >= 15 is 0 Å². The van der Waals surface area contributed by atoms with Gasteiger partial charge in [-0.2, -0.15) is 0 Å². The molecule has 2 aliphatic heterocycles. The lowest BCUT2D eigenvalue weighted by molar-refractivity contribution is -0.137. The van der Waals surface area contributed by atoms with E-state index in [-0.39, 0.29) is 11.8 Å². The smallest absolute Gasteiger partial charge is 0.277 e. The normalized spacial score (nSPS) is 17.4. The molecule has 2 aliphatic rings. The van der Waals surface area contributed by atoms with E-state index < -0.39 is 0 Å². The van der Waals surface area contributed by atoms with Crippen LogP contribution in [0.5, 0.6) is 0 Å². The predicted molar refractivity (Wildman–Crippen MR) is 120 cm³/mol. The molecule has 2 heterocycles. The van der Waals surface area contributed by atoms with Crippen LogP contribution in [0.3, 0.4) is 0 Å². The van der Waals surface area contributed by atoms with Crippen LogP contribution in [-0.4, -0.2) is 54.3 Å². The van der Waals surface area contributed by atoms with Gasteiger partial charge in [-0.25, -0.2) is 0 Å². The van der Waals surface area contributed by atoms with Crippen LogP contribution in [0, 0.1) is 13.8 Å². The number of piperazine rings is 1. The van der Waals surface area contributed by atoms with E-state index in [1.807, 2.05) is 50.2 Å². The number of hydrogen-bond acceptors (Lipinski definition) is 4. The van der Waals surface area contributed by atoms with Gasteiger partial charge >= 0.3 is 0 Å². The molecule has 2 amide bonds. The number of benzene rings is 2. The van der Waals surface area contributed by atoms with Crippen LogP contribution < -0.4 is 4.90 Å². The first kappa shape index (κ1) is 20.2. The Kier molecular flexibility index (Phi) is 5.62. The fraction of sp³-hybridized carbons (Fsp3) is 0.360. The van der Waals surface area contributed by atoms with Gasteiger partial charge in [-0.1, -0.05) is 43.3 Å². The topological polar surface area (TPSA) is 43.9 Å². The van der Waals surface area contributed by atoms with E-state index in [0.717, 1.165) is 43.7 Å². The minimum atomic E-state index is -0.161. The highest BCUT2D eigenvalue weighted by molar-refractivity contribution is 6.35. The molecule has 0 spiro atoms. The molecule has 4 rings (SSSR count). The number of aryl methyl sites for hydroxylation is 2. The molecule has 1 fully saturated rings. The van der Waals surface area contributed by atoms with Crippen LogP contribution in [0.1, 0.15) is 30.0 Å². The summed E-state index contributed by atoms with van der Waals surface area (Å²) in [6.45, 7) is 9.64. The van der Waals surface area contributed by atoms with Gasteiger partial charge in [0.1, 0.15) is 5.70 Å². The van der Waals surface area contributed by atoms with Crippen molar-refractivity contribution in [1.82, 2.24) is 9.80 Å². The summed E-state index contributed by atoms with van der Waals surface area (Å²) in [5.74, 6) is -0.311. The molecule has 0 aromatic heterocycles. The molecule has 0 N–H and O–H groups in total. The molecule has 1 saturated heterocycles. The molecule has 156 valence electrons. The lowest BCUT2D eigenvalue weighted by Gasteiger charge is -2.37. The quantitative estimate of drug-likeness (QED) is 0.716. The summed E-state index contributed by atoms with van der Waals surface area (Å²) in [6.07, 6.45) is 0.757. The number of carbonyl (C=O) groups is 2. The van der Waals surface area contributed by atoms with Gasteiger partial charge in [-0.05, 0) is 49.1 Å². The van der Waals surface area contributed by atoms with Gasteiger partial charge in [0.15, 0.2) is 0 Å². The summed E-state index contributed by atoms with van der Waals surface area (Å²) in [5, 5.41) is 0. The molecule has 0 atom stereocenters. The van der Waals surface area contributed by atoms with Crippen LogP contribution in [0.15, 0.2) is 54.2 Å². The van der Waals surface area contributed by atoms with Gasteiger partial charge in [0, 0.05) is 38.4 Å². The van der Waals surface area contributed by atoms with Gasteiger partial charge in [0.05, 0.1) is 5.57 Å². The number of hydrogen-bond donors (Lipinski definition) is 0. The van der Waals surface area contributed by atoms with Crippen molar-refractivity contribution in [3.63, 3.8) is 0 Å². The van der Waals surface area contributed by atoms with E-state index in [9.17, 15) is 9.59 Å². The summed E-state index contributed by atoms with van der Waals surface area (Å²) in [6, 6.07) is 16.4. The maximum absolute atomic E-state index is 13.3. The second kappa shape index (κ2) is 8.34. The first-order valence-corrected chi connectivity index (χ1v) is 10.7. The molecule has 30 heavy (non-hydrogen) atoms. The van der Waals surface area contributed by atoms with Gasteiger partial charge in [0.25, 0.3) is 11.8 Å². The third kappa shape index (κ3) is 3.60. The highest BCUT2D eigenvalue weighted by atomic mass is 16.2. The van der Waals surface area contributed by atoms with Crippen LogP contribution in [0.25, 0.3) is 5.57 Å². The van der Waals surface area contributed by atoms with E-state index in [1.54, 1.807) is 0 Å². The average Bonchev–Trinajstić information content (AvgIpc) is 3.01. The molecular formula is C25H29N3O2. The maximum atomic E-state index is 13.3. The predicted octanol–water partition coefficient (Wildman–Crippen LogP) is 3.62. The Labute approximate surface area is 178 Å². The number of rotatable bonds is 5. The van der Waals surface area contributed by atoms with Gasteiger partial charge < -0.3 is 9.80 Å². The zero-order valence-electron chi connectivity index (χ0n) is 18.0. The van der Waals surface area contributed by atoms with Crippen molar-refractivity contribution < 1.29 is 9.59 Å². The fourth-order valence-corrected chi connectivity index (χ4v) is 4.27. The average molecular weight is 404 g/mol. The second-order valence-corrected chi connectivity index (χ2v) is 8.09. The number of imide groups is 1. The Balaban J connectivity index is 1.66. The number of nitrogens with zero attached hydrogens (tertiary/aromatic N) is 3. The van der Waals surface area contributed by atoms with Crippen molar-refractivity contribution in [3.8, 4) is 0 Å². The number of carbonyl (C=O) groups excluding carboxylic acids is 2. The summed E-state index contributed by atoms with van der Waals surface area (Å²) in [4.78, 5) is 32.4. The SMILES string of the molecule is CCCN1C(=O)C(c2ccc(C)c(C)c2)=C(N2CCN(c3ccccc3)CC2)C1=O. The molecular weight excluding hydrogens is 374 g/mol. The van der Waals surface area contributed by atoms with Crippen LogP contribution in [0.2, 0.25) is 0 Å². The van der Waals surface area contributed by atoms with Crippen LogP contribution in [-0.2, 0) is 9.59 Å². The number of para-hydroxylation sites is 1. The molecule has 5 nitrogen and oxygen atoms in total. The largest absolute Gasteiger partial charge is 0.368 e. The highest BCUT2D eigenvalue weighted by Gasteiger charge is 2.41. The van der Waals surface area contributed by atoms with E-state index in [0.29, 0.717) is 17.8 Å². The van der Waals surface area contributed by atoms with Gasteiger partial charge in [-0.15, -0.1) is 0 Å². The van der Waals surface area contributed by atoms with Crippen molar-refractivity contribution in [2.45, 2.75) is 27.2 Å². The zero-order valence-corrected chi connectivity index (χ0v) is 18.0. The Morgan fingerprint density at radius 1 is 0.800 bits per heavy atom. The van der Waals surface area contributed by atoms with Crippen molar-refractivity contribution in [2.75, 3.05) is 37.6 Å². The minimum Gasteiger partial charge on any atom is -0.368 e. The van der Waals surface area contributed by atoms with Crippen LogP contribution >= 0.6 is 0 Å². The Morgan fingerprint density at radius 3 is 2.10 bits per heavy atom. The Morgan fingerprint density at radius 2 is 1.47 bits per heavy atom. The summed E-state index contributed by atoms with van der Waals surface area (Å²) in [5.41, 5.74) is 5.48. The third-order valence-corrected chi connectivity index (χ3v) is 6.10. The minimum absolute atomic E-state index is 0.150. The molecule has 2 aromatic carbocycles. The van der Waals surface area contributed by atoms with Crippen molar-refractivity contribution in [2.24, 2.45) is 0 Å². The molecule has 0 radical (unpaired) electrons. The summed E-state index contributed by atoms with van der Waals surface area (Å²) in [7, 11) is 0. The number of amides is 2. The van der Waals surface area contributed by atoms with E-state index in [1.165, 1.54) is 16.2 Å². The van der Waals surface area contributed by atoms with Crippen LogP contribution in [0.4, 0.5) is 5.69 Å². The van der Waals surface area contributed by atoms with Crippen molar-refractivity contribution in [1.29, 1.82) is 0 Å². The first-order valence-electron chi connectivity index (χ1n) is 10.7. The van der Waals surface area contributed by atoms with E-state index in [2.05, 4.69) is 28.9 Å². The molecule has 2 aromatic rings. The maximum Gasteiger partial charge on any atom is 0.277 e. The fourth-order valence-electron chi connectivity index (χ4n) is 4.27.